The largest absolute Gasteiger partial charge is 0.402 e. The molecule has 0 aliphatic carbocycles. The van der Waals surface area contributed by atoms with Crippen LogP contribution in [-0.2, 0) is 0 Å². The van der Waals surface area contributed by atoms with Crippen LogP contribution >= 0.6 is 8.58 Å². The third-order valence-electron chi connectivity index (χ3n) is 1.11. The second-order valence-corrected chi connectivity index (χ2v) is 3.55. The van der Waals surface area contributed by atoms with Crippen LogP contribution in [0.1, 0.15) is 26.2 Å². The van der Waals surface area contributed by atoms with Crippen LogP contribution in [-0.4, -0.2) is 12.1 Å². The van der Waals surface area contributed by atoms with Gasteiger partial charge in [-0.15, -0.1) is 0 Å². The van der Waals surface area contributed by atoms with Crippen molar-refractivity contribution in [3.8, 4) is 0 Å². The zero-order valence-corrected chi connectivity index (χ0v) is 6.96. The molecule has 10 heavy (non-hydrogen) atoms. The number of hydrogen-bond donors (Lipinski definition) is 0. The summed E-state index contributed by atoms with van der Waals surface area (Å²) in [4.78, 5) is 0. The average Bonchev–Trinajstić information content (AvgIpc) is 1.78. The van der Waals surface area contributed by atoms with Crippen molar-refractivity contribution in [3.63, 3.8) is 0 Å². The smallest absolute Gasteiger partial charge is 0.167 e. The molecule has 62 valence electrons. The SMILES string of the molecule is CCCCCPC(F)(F)F. The zero-order valence-electron chi connectivity index (χ0n) is 5.96. The van der Waals surface area contributed by atoms with E-state index in [0.717, 1.165) is 12.8 Å². The van der Waals surface area contributed by atoms with Crippen LogP contribution in [0.2, 0.25) is 0 Å². The lowest BCUT2D eigenvalue weighted by Crippen LogP contribution is -1.98. The lowest BCUT2D eigenvalue weighted by Gasteiger charge is -2.04. The van der Waals surface area contributed by atoms with E-state index in [1.807, 2.05) is 6.92 Å². The number of rotatable bonds is 4. The van der Waals surface area contributed by atoms with Crippen LogP contribution in [0.5, 0.6) is 0 Å². The molecule has 0 aromatic heterocycles. The molecule has 0 aromatic carbocycles. The zero-order chi connectivity index (χ0) is 8.04. The lowest BCUT2D eigenvalue weighted by atomic mass is 10.3. The minimum atomic E-state index is -3.92. The molecule has 0 radical (unpaired) electrons. The Labute approximate surface area is 61.0 Å². The maximum atomic E-state index is 11.5. The third kappa shape index (κ3) is 8.22. The molecule has 0 aliphatic rings. The fourth-order valence-corrected chi connectivity index (χ4v) is 1.32. The van der Waals surface area contributed by atoms with Gasteiger partial charge in [0.1, 0.15) is 0 Å². The van der Waals surface area contributed by atoms with Gasteiger partial charge in [-0.2, -0.15) is 13.2 Å². The molecule has 1 unspecified atom stereocenters. The number of unbranched alkanes of at least 4 members (excludes halogenated alkanes) is 2. The maximum absolute atomic E-state index is 11.5. The van der Waals surface area contributed by atoms with Crippen LogP contribution in [0, 0.1) is 0 Å². The lowest BCUT2D eigenvalue weighted by molar-refractivity contribution is -0.0370. The highest BCUT2D eigenvalue weighted by atomic mass is 31.1. The molecule has 4 heteroatoms. The summed E-state index contributed by atoms with van der Waals surface area (Å²) in [5, 5.41) is 0. The predicted molar refractivity (Wildman–Crippen MR) is 38.8 cm³/mol. The molecule has 0 aromatic rings. The summed E-state index contributed by atoms with van der Waals surface area (Å²) in [5.41, 5.74) is 0. The van der Waals surface area contributed by atoms with Gasteiger partial charge in [0.25, 0.3) is 0 Å². The van der Waals surface area contributed by atoms with Gasteiger partial charge < -0.3 is 0 Å². The van der Waals surface area contributed by atoms with Crippen LogP contribution in [0.25, 0.3) is 0 Å². The van der Waals surface area contributed by atoms with Crippen molar-refractivity contribution in [1.82, 2.24) is 0 Å². The Kier molecular flexibility index (Phi) is 5.06. The summed E-state index contributed by atoms with van der Waals surface area (Å²) < 4.78 is 34.5. The van der Waals surface area contributed by atoms with Gasteiger partial charge in [-0.1, -0.05) is 19.8 Å². The van der Waals surface area contributed by atoms with E-state index in [9.17, 15) is 13.2 Å². The van der Waals surface area contributed by atoms with E-state index in [0.29, 0.717) is 12.6 Å². The van der Waals surface area contributed by atoms with Crippen molar-refractivity contribution < 1.29 is 13.2 Å². The Morgan fingerprint density at radius 1 is 1.20 bits per heavy atom. The van der Waals surface area contributed by atoms with Crippen LogP contribution in [0.3, 0.4) is 0 Å². The van der Waals surface area contributed by atoms with Crippen molar-refractivity contribution in [2.24, 2.45) is 0 Å². The monoisotopic (exact) mass is 172 g/mol. The van der Waals surface area contributed by atoms with Gasteiger partial charge in [0.05, 0.1) is 0 Å². The summed E-state index contributed by atoms with van der Waals surface area (Å²) in [6.07, 6.45) is 2.94. The van der Waals surface area contributed by atoms with E-state index in [-0.39, 0.29) is 0 Å². The highest BCUT2D eigenvalue weighted by molar-refractivity contribution is 7.39. The minimum absolute atomic E-state index is 0.317. The van der Waals surface area contributed by atoms with E-state index < -0.39 is 14.5 Å². The van der Waals surface area contributed by atoms with E-state index in [2.05, 4.69) is 0 Å². The van der Waals surface area contributed by atoms with Crippen molar-refractivity contribution >= 4 is 8.58 Å². The van der Waals surface area contributed by atoms with E-state index in [1.165, 1.54) is 0 Å². The van der Waals surface area contributed by atoms with Gasteiger partial charge >= 0.3 is 5.92 Å². The van der Waals surface area contributed by atoms with E-state index in [4.69, 9.17) is 0 Å². The highest BCUT2D eigenvalue weighted by Crippen LogP contribution is 2.36. The summed E-state index contributed by atoms with van der Waals surface area (Å²) in [5.74, 6) is -3.92. The molecule has 0 N–H and O–H groups in total. The van der Waals surface area contributed by atoms with Gasteiger partial charge in [0, 0.05) is 0 Å². The maximum Gasteiger partial charge on any atom is 0.402 e. The van der Waals surface area contributed by atoms with Crippen molar-refractivity contribution in [2.75, 3.05) is 6.16 Å². The van der Waals surface area contributed by atoms with Crippen molar-refractivity contribution in [3.05, 3.63) is 0 Å². The van der Waals surface area contributed by atoms with Gasteiger partial charge in [-0.3, -0.25) is 0 Å². The van der Waals surface area contributed by atoms with Gasteiger partial charge in [-0.25, -0.2) is 0 Å². The molecule has 0 heterocycles. The van der Waals surface area contributed by atoms with Gasteiger partial charge in [0.2, 0.25) is 0 Å². The second-order valence-electron chi connectivity index (χ2n) is 2.13. The fraction of sp³-hybridized carbons (Fsp3) is 1.00. The quantitative estimate of drug-likeness (QED) is 0.450. The molecule has 0 aliphatic heterocycles. The molecule has 0 bridgehead atoms. The third-order valence-corrected chi connectivity index (χ3v) is 2.11. The van der Waals surface area contributed by atoms with Crippen molar-refractivity contribution in [1.29, 1.82) is 0 Å². The Bertz CT molecular complexity index is 79.6. The number of alkyl halides is 3. The number of halogens is 3. The number of hydrogen-bond acceptors (Lipinski definition) is 0. The van der Waals surface area contributed by atoms with Crippen LogP contribution in [0.15, 0.2) is 0 Å². The molecule has 1 atom stereocenters. The molecule has 0 saturated carbocycles. The molecular weight excluding hydrogens is 160 g/mol. The van der Waals surface area contributed by atoms with Gasteiger partial charge in [0.15, 0.2) is 0 Å². The fourth-order valence-electron chi connectivity index (χ4n) is 0.605. The summed E-state index contributed by atoms with van der Waals surface area (Å²) in [7, 11) is -0.849. The molecular formula is C6H12F3P. The van der Waals surface area contributed by atoms with Gasteiger partial charge in [-0.05, 0) is 21.2 Å². The molecule has 0 rings (SSSR count). The standard InChI is InChI=1S/C6H12F3P/c1-2-3-4-5-10-6(7,8)9/h10H,2-5H2,1H3. The first-order valence-electron chi connectivity index (χ1n) is 3.38. The van der Waals surface area contributed by atoms with Crippen molar-refractivity contribution in [2.45, 2.75) is 32.1 Å². The molecule has 0 amide bonds. The Hall–Kier alpha value is 0.220. The first-order chi connectivity index (χ1) is 4.56. The highest BCUT2D eigenvalue weighted by Gasteiger charge is 2.25. The second kappa shape index (κ2) is 4.95. The topological polar surface area (TPSA) is 0 Å². The summed E-state index contributed by atoms with van der Waals surface area (Å²) in [6, 6.07) is 0. The predicted octanol–water partition coefficient (Wildman–Crippen LogP) is 3.37. The van der Waals surface area contributed by atoms with E-state index in [1.54, 1.807) is 0 Å². The molecule has 0 nitrogen and oxygen atoms in total. The molecule has 0 saturated heterocycles. The molecule has 0 fully saturated rings. The molecule has 0 spiro atoms. The first-order valence-corrected chi connectivity index (χ1v) is 4.58. The average molecular weight is 172 g/mol. The van der Waals surface area contributed by atoms with Crippen LogP contribution < -0.4 is 0 Å². The summed E-state index contributed by atoms with van der Waals surface area (Å²) in [6.45, 7) is 1.98. The normalized spacial score (nSPS) is 13.2. The minimum Gasteiger partial charge on any atom is -0.167 e. The Balaban J connectivity index is 3.04. The van der Waals surface area contributed by atoms with E-state index >= 15 is 0 Å². The van der Waals surface area contributed by atoms with Crippen LogP contribution in [0.4, 0.5) is 13.2 Å². The Morgan fingerprint density at radius 2 is 1.80 bits per heavy atom. The summed E-state index contributed by atoms with van der Waals surface area (Å²) >= 11 is 0. The Morgan fingerprint density at radius 3 is 2.20 bits per heavy atom. The first kappa shape index (κ1) is 10.2.